The van der Waals surface area contributed by atoms with E-state index in [0.717, 1.165) is 11.3 Å². The molecule has 2 aliphatic heterocycles. The van der Waals surface area contributed by atoms with Crippen LogP contribution in [0.5, 0.6) is 0 Å². The predicted molar refractivity (Wildman–Crippen MR) is 114 cm³/mol. The number of nitrogens with zero attached hydrogens (tertiary/aromatic N) is 4. The van der Waals surface area contributed by atoms with Crippen molar-refractivity contribution in [3.05, 3.63) is 65.7 Å². The van der Waals surface area contributed by atoms with Crippen molar-refractivity contribution in [1.29, 1.82) is 0 Å². The number of benzene rings is 2. The fourth-order valence-corrected chi connectivity index (χ4v) is 4.12. The lowest BCUT2D eigenvalue weighted by atomic mass is 10.1. The number of carbonyl (C=O) groups excluding carboxylic acids is 3. The number of piperazine rings is 1. The number of hydrogen-bond donors (Lipinski definition) is 0. The second kappa shape index (κ2) is 7.82. The average molecular weight is 406 g/mol. The topological polar surface area (TPSA) is 64.2 Å². The van der Waals surface area contributed by atoms with Crippen LogP contribution in [-0.4, -0.2) is 72.3 Å². The Bertz CT molecular complexity index is 958. The third-order valence-corrected chi connectivity index (χ3v) is 5.94. The first-order chi connectivity index (χ1) is 14.4. The first-order valence-corrected chi connectivity index (χ1v) is 10.1. The van der Waals surface area contributed by atoms with Gasteiger partial charge < -0.3 is 14.7 Å². The molecule has 2 aromatic rings. The van der Waals surface area contributed by atoms with E-state index in [-0.39, 0.29) is 30.4 Å². The molecule has 2 saturated heterocycles. The summed E-state index contributed by atoms with van der Waals surface area (Å²) in [7, 11) is 3.89. The lowest BCUT2D eigenvalue weighted by Gasteiger charge is -2.35. The summed E-state index contributed by atoms with van der Waals surface area (Å²) < 4.78 is 0. The lowest BCUT2D eigenvalue weighted by molar-refractivity contribution is -0.130. The summed E-state index contributed by atoms with van der Waals surface area (Å²) in [4.78, 5) is 45.6. The van der Waals surface area contributed by atoms with E-state index in [0.29, 0.717) is 18.7 Å². The van der Waals surface area contributed by atoms with E-state index in [1.165, 1.54) is 4.90 Å². The SMILES string of the molecule is C[C@@H](c1ccccc1)N1C(=O)[C@H]2CN(C(=O)c3ccc(N(C)C)cc3)CCN2C1=O. The van der Waals surface area contributed by atoms with Gasteiger partial charge in [-0.05, 0) is 36.8 Å². The number of rotatable bonds is 4. The Morgan fingerprint density at radius 2 is 1.67 bits per heavy atom. The summed E-state index contributed by atoms with van der Waals surface area (Å²) in [5, 5.41) is 0. The van der Waals surface area contributed by atoms with Gasteiger partial charge in [0.15, 0.2) is 0 Å². The molecule has 2 atom stereocenters. The molecule has 2 heterocycles. The summed E-state index contributed by atoms with van der Waals surface area (Å²) in [5.74, 6) is -0.355. The Balaban J connectivity index is 1.50. The van der Waals surface area contributed by atoms with Crippen LogP contribution in [0.15, 0.2) is 54.6 Å². The first-order valence-electron chi connectivity index (χ1n) is 10.1. The van der Waals surface area contributed by atoms with Crippen LogP contribution in [-0.2, 0) is 4.79 Å². The Kier molecular flexibility index (Phi) is 5.20. The Morgan fingerprint density at radius 3 is 2.30 bits per heavy atom. The minimum atomic E-state index is -0.623. The fraction of sp³-hybridized carbons (Fsp3) is 0.348. The van der Waals surface area contributed by atoms with Gasteiger partial charge in [0.25, 0.3) is 11.8 Å². The van der Waals surface area contributed by atoms with Crippen molar-refractivity contribution in [3.63, 3.8) is 0 Å². The maximum Gasteiger partial charge on any atom is 0.328 e. The van der Waals surface area contributed by atoms with Gasteiger partial charge in [-0.25, -0.2) is 4.79 Å². The highest BCUT2D eigenvalue weighted by Gasteiger charge is 2.50. The molecule has 0 bridgehead atoms. The van der Waals surface area contributed by atoms with Gasteiger partial charge in [0, 0.05) is 38.4 Å². The van der Waals surface area contributed by atoms with Crippen LogP contribution in [0.1, 0.15) is 28.9 Å². The molecule has 4 rings (SSSR count). The van der Waals surface area contributed by atoms with Crippen LogP contribution in [0.3, 0.4) is 0 Å². The lowest BCUT2D eigenvalue weighted by Crippen LogP contribution is -2.54. The molecule has 0 saturated carbocycles. The Labute approximate surface area is 176 Å². The molecule has 2 fully saturated rings. The molecule has 2 aromatic carbocycles. The molecule has 0 spiro atoms. The van der Waals surface area contributed by atoms with Crippen LogP contribution in [0.4, 0.5) is 10.5 Å². The number of imide groups is 1. The van der Waals surface area contributed by atoms with Crippen molar-refractivity contribution in [2.45, 2.75) is 19.0 Å². The monoisotopic (exact) mass is 406 g/mol. The number of hydrogen-bond acceptors (Lipinski definition) is 4. The number of carbonyl (C=O) groups is 3. The van der Waals surface area contributed by atoms with Gasteiger partial charge in [-0.15, -0.1) is 0 Å². The highest BCUT2D eigenvalue weighted by molar-refractivity contribution is 6.05. The standard InChI is InChI=1S/C23H26N4O3/c1-16(17-7-5-4-6-8-17)27-22(29)20-15-25(13-14-26(20)23(27)30)21(28)18-9-11-19(12-10-18)24(2)3/h4-12,16,20H,13-15H2,1-3H3/t16-,20+/m0/s1. The molecule has 0 unspecified atom stereocenters. The van der Waals surface area contributed by atoms with Crippen molar-refractivity contribution < 1.29 is 14.4 Å². The van der Waals surface area contributed by atoms with Crippen molar-refractivity contribution in [1.82, 2.24) is 14.7 Å². The summed E-state index contributed by atoms with van der Waals surface area (Å²) in [6, 6.07) is 15.7. The molecule has 2 aliphatic rings. The molecule has 7 nitrogen and oxygen atoms in total. The van der Waals surface area contributed by atoms with Crippen LogP contribution in [0, 0.1) is 0 Å². The molecule has 0 radical (unpaired) electrons. The maximum atomic E-state index is 13.1. The molecule has 0 aliphatic carbocycles. The summed E-state index contributed by atoms with van der Waals surface area (Å²) in [6.45, 7) is 2.85. The number of amides is 4. The second-order valence-corrected chi connectivity index (χ2v) is 7.98. The van der Waals surface area contributed by atoms with E-state index in [1.54, 1.807) is 21.9 Å². The molecular weight excluding hydrogens is 380 g/mol. The normalized spacial score (nSPS) is 19.7. The molecular formula is C23H26N4O3. The molecule has 0 N–H and O–H groups in total. The van der Waals surface area contributed by atoms with Crippen LogP contribution in [0.25, 0.3) is 0 Å². The third kappa shape index (κ3) is 3.40. The van der Waals surface area contributed by atoms with Crippen molar-refractivity contribution in [2.24, 2.45) is 0 Å². The van der Waals surface area contributed by atoms with E-state index in [2.05, 4.69) is 0 Å². The third-order valence-electron chi connectivity index (χ3n) is 5.94. The molecule has 30 heavy (non-hydrogen) atoms. The zero-order valence-corrected chi connectivity index (χ0v) is 17.5. The number of fused-ring (bicyclic) bond motifs is 1. The van der Waals surface area contributed by atoms with Crippen LogP contribution < -0.4 is 4.90 Å². The van der Waals surface area contributed by atoms with Gasteiger partial charge in [-0.2, -0.15) is 0 Å². The van der Waals surface area contributed by atoms with Gasteiger partial charge >= 0.3 is 6.03 Å². The van der Waals surface area contributed by atoms with Gasteiger partial charge in [-0.3, -0.25) is 14.5 Å². The highest BCUT2D eigenvalue weighted by atomic mass is 16.2. The first kappa shape index (κ1) is 19.9. The predicted octanol–water partition coefficient (Wildman–Crippen LogP) is 2.60. The fourth-order valence-electron chi connectivity index (χ4n) is 4.12. The van der Waals surface area contributed by atoms with Gasteiger partial charge in [0.1, 0.15) is 6.04 Å². The second-order valence-electron chi connectivity index (χ2n) is 7.98. The largest absolute Gasteiger partial charge is 0.378 e. The van der Waals surface area contributed by atoms with E-state index < -0.39 is 6.04 Å². The zero-order chi connectivity index (χ0) is 21.4. The van der Waals surface area contributed by atoms with Crippen molar-refractivity contribution >= 4 is 23.5 Å². The van der Waals surface area contributed by atoms with Crippen LogP contribution in [0.2, 0.25) is 0 Å². The number of anilines is 1. The van der Waals surface area contributed by atoms with Crippen LogP contribution >= 0.6 is 0 Å². The van der Waals surface area contributed by atoms with E-state index >= 15 is 0 Å². The van der Waals surface area contributed by atoms with Crippen molar-refractivity contribution in [2.75, 3.05) is 38.6 Å². The summed E-state index contributed by atoms with van der Waals surface area (Å²) >= 11 is 0. The molecule has 0 aromatic heterocycles. The highest BCUT2D eigenvalue weighted by Crippen LogP contribution is 2.30. The van der Waals surface area contributed by atoms with Crippen molar-refractivity contribution in [3.8, 4) is 0 Å². The van der Waals surface area contributed by atoms with E-state index in [9.17, 15) is 14.4 Å². The van der Waals surface area contributed by atoms with Gasteiger partial charge in [0.05, 0.1) is 12.6 Å². The Morgan fingerprint density at radius 1 is 1.00 bits per heavy atom. The average Bonchev–Trinajstić information content (AvgIpc) is 3.03. The molecule has 156 valence electrons. The summed E-state index contributed by atoms with van der Waals surface area (Å²) in [5.41, 5.74) is 2.51. The minimum Gasteiger partial charge on any atom is -0.378 e. The molecule has 4 amide bonds. The zero-order valence-electron chi connectivity index (χ0n) is 17.5. The quantitative estimate of drug-likeness (QED) is 0.733. The van der Waals surface area contributed by atoms with E-state index in [1.807, 2.05) is 68.4 Å². The minimum absolute atomic E-state index is 0.116. The van der Waals surface area contributed by atoms with Gasteiger partial charge in [-0.1, -0.05) is 30.3 Å². The maximum absolute atomic E-state index is 13.1. The van der Waals surface area contributed by atoms with Gasteiger partial charge in [0.2, 0.25) is 0 Å². The molecule has 7 heteroatoms. The summed E-state index contributed by atoms with van der Waals surface area (Å²) in [6.07, 6.45) is 0. The van der Waals surface area contributed by atoms with E-state index in [4.69, 9.17) is 0 Å². The number of urea groups is 1. The smallest absolute Gasteiger partial charge is 0.328 e. The Hall–Kier alpha value is -3.35.